The standard InChI is InChI=1S/C16H20N2O3S/c19-16(17-9-13-5-7-20-12-13)18(10-14-3-1-6-21-14)11-15-4-2-8-22-15/h2,4-5,7-8,12,14H,1,3,6,9-11H2,(H,17,19)/t14-/m1/s1. The van der Waals surface area contributed by atoms with Crippen LogP contribution in [-0.2, 0) is 17.8 Å². The predicted octanol–water partition coefficient (Wildman–Crippen LogP) is 3.23. The number of furan rings is 1. The maximum absolute atomic E-state index is 12.5. The van der Waals surface area contributed by atoms with Crippen LogP contribution in [-0.4, -0.2) is 30.2 Å². The Balaban J connectivity index is 1.59. The van der Waals surface area contributed by atoms with Crippen molar-refractivity contribution >= 4 is 17.4 Å². The summed E-state index contributed by atoms with van der Waals surface area (Å²) >= 11 is 1.66. The van der Waals surface area contributed by atoms with E-state index in [-0.39, 0.29) is 12.1 Å². The third-order valence-corrected chi connectivity index (χ3v) is 4.55. The van der Waals surface area contributed by atoms with Gasteiger partial charge in [0.2, 0.25) is 0 Å². The van der Waals surface area contributed by atoms with Gasteiger partial charge in [0.05, 0.1) is 25.2 Å². The SMILES string of the molecule is O=C(NCc1ccoc1)N(Cc1cccs1)C[C@H]1CCCO1. The second kappa shape index (κ2) is 7.47. The van der Waals surface area contributed by atoms with Crippen LogP contribution in [0.3, 0.4) is 0 Å². The number of urea groups is 1. The van der Waals surface area contributed by atoms with Crippen molar-refractivity contribution in [3.8, 4) is 0 Å². The van der Waals surface area contributed by atoms with Gasteiger partial charge in [0.1, 0.15) is 0 Å². The Morgan fingerprint density at radius 2 is 2.41 bits per heavy atom. The van der Waals surface area contributed by atoms with E-state index in [1.807, 2.05) is 22.4 Å². The zero-order chi connectivity index (χ0) is 15.2. The Morgan fingerprint density at radius 3 is 3.09 bits per heavy atom. The van der Waals surface area contributed by atoms with Gasteiger partial charge in [-0.1, -0.05) is 6.07 Å². The number of hydrogen-bond acceptors (Lipinski definition) is 4. The maximum atomic E-state index is 12.5. The summed E-state index contributed by atoms with van der Waals surface area (Å²) in [7, 11) is 0. The zero-order valence-corrected chi connectivity index (χ0v) is 13.2. The van der Waals surface area contributed by atoms with Crippen LogP contribution < -0.4 is 5.32 Å². The molecule has 1 saturated heterocycles. The fraction of sp³-hybridized carbons (Fsp3) is 0.438. The summed E-state index contributed by atoms with van der Waals surface area (Å²) in [5.74, 6) is 0. The van der Waals surface area contributed by atoms with Gasteiger partial charge in [0.15, 0.2) is 0 Å². The minimum absolute atomic E-state index is 0.0647. The lowest BCUT2D eigenvalue weighted by Crippen LogP contribution is -2.42. The van der Waals surface area contributed by atoms with Crippen LogP contribution >= 0.6 is 11.3 Å². The van der Waals surface area contributed by atoms with Gasteiger partial charge < -0.3 is 19.4 Å². The Morgan fingerprint density at radius 1 is 1.45 bits per heavy atom. The number of ether oxygens (including phenoxy) is 1. The molecule has 118 valence electrons. The van der Waals surface area contributed by atoms with Crippen molar-refractivity contribution in [3.63, 3.8) is 0 Å². The molecule has 1 aliphatic rings. The fourth-order valence-corrected chi connectivity index (χ4v) is 3.25. The molecule has 0 saturated carbocycles. The minimum atomic E-state index is -0.0647. The second-order valence-corrected chi connectivity index (χ2v) is 6.42. The van der Waals surface area contributed by atoms with Crippen LogP contribution in [0.1, 0.15) is 23.3 Å². The van der Waals surface area contributed by atoms with Gasteiger partial charge in [-0.05, 0) is 30.4 Å². The molecule has 0 aliphatic carbocycles. The highest BCUT2D eigenvalue weighted by atomic mass is 32.1. The molecule has 0 aromatic carbocycles. The second-order valence-electron chi connectivity index (χ2n) is 5.39. The summed E-state index contributed by atoms with van der Waals surface area (Å²) in [6, 6.07) is 5.85. The first-order chi connectivity index (χ1) is 10.8. The molecule has 22 heavy (non-hydrogen) atoms. The number of hydrogen-bond donors (Lipinski definition) is 1. The van der Waals surface area contributed by atoms with E-state index in [9.17, 15) is 4.79 Å². The molecule has 1 fully saturated rings. The normalized spacial score (nSPS) is 17.5. The van der Waals surface area contributed by atoms with Gasteiger partial charge >= 0.3 is 6.03 Å². The number of carbonyl (C=O) groups excluding carboxylic acids is 1. The van der Waals surface area contributed by atoms with Crippen LogP contribution in [0.25, 0.3) is 0 Å². The third kappa shape index (κ3) is 4.11. The van der Waals surface area contributed by atoms with Crippen molar-refractivity contribution < 1.29 is 13.9 Å². The molecule has 0 unspecified atom stereocenters. The molecule has 1 atom stereocenters. The number of thiophene rings is 1. The summed E-state index contributed by atoms with van der Waals surface area (Å²) in [6.45, 7) is 2.53. The van der Waals surface area contributed by atoms with Gasteiger partial charge in [-0.15, -0.1) is 11.3 Å². The van der Waals surface area contributed by atoms with Crippen LogP contribution in [0.5, 0.6) is 0 Å². The Labute approximate surface area is 133 Å². The highest BCUT2D eigenvalue weighted by molar-refractivity contribution is 7.09. The molecular formula is C16H20N2O3S. The van der Waals surface area contributed by atoms with E-state index < -0.39 is 0 Å². The lowest BCUT2D eigenvalue weighted by molar-refractivity contribution is 0.0796. The Bertz CT molecular complexity index is 562. The Hall–Kier alpha value is -1.79. The molecule has 6 heteroatoms. The molecule has 0 spiro atoms. The van der Waals surface area contributed by atoms with Crippen LogP contribution in [0.4, 0.5) is 4.79 Å². The summed E-state index contributed by atoms with van der Waals surface area (Å²) in [6.07, 6.45) is 5.50. The number of nitrogens with zero attached hydrogens (tertiary/aromatic N) is 1. The monoisotopic (exact) mass is 320 g/mol. The molecule has 0 radical (unpaired) electrons. The molecular weight excluding hydrogens is 300 g/mol. The lowest BCUT2D eigenvalue weighted by Gasteiger charge is -2.25. The fourth-order valence-electron chi connectivity index (χ4n) is 2.53. The molecule has 3 rings (SSSR count). The molecule has 2 amide bonds. The number of amides is 2. The summed E-state index contributed by atoms with van der Waals surface area (Å²) < 4.78 is 10.7. The van der Waals surface area contributed by atoms with Gasteiger partial charge in [0, 0.05) is 30.1 Å². The van der Waals surface area contributed by atoms with Crippen LogP contribution in [0.2, 0.25) is 0 Å². The molecule has 0 bridgehead atoms. The quantitative estimate of drug-likeness (QED) is 0.889. The van der Waals surface area contributed by atoms with Crippen molar-refractivity contribution in [2.24, 2.45) is 0 Å². The first kappa shape index (κ1) is 15.1. The van der Waals surface area contributed by atoms with Gasteiger partial charge in [-0.2, -0.15) is 0 Å². The largest absolute Gasteiger partial charge is 0.472 e. The molecule has 5 nitrogen and oxygen atoms in total. The van der Waals surface area contributed by atoms with Crippen molar-refractivity contribution in [2.75, 3.05) is 13.2 Å². The molecule has 2 aromatic rings. The van der Waals surface area contributed by atoms with Crippen molar-refractivity contribution in [1.29, 1.82) is 0 Å². The lowest BCUT2D eigenvalue weighted by atomic mass is 10.2. The van der Waals surface area contributed by atoms with Crippen molar-refractivity contribution in [1.82, 2.24) is 10.2 Å². The van der Waals surface area contributed by atoms with Gasteiger partial charge in [-0.25, -0.2) is 4.79 Å². The highest BCUT2D eigenvalue weighted by Gasteiger charge is 2.23. The molecule has 1 N–H and O–H groups in total. The average Bonchev–Trinajstić information content (AvgIpc) is 3.27. The zero-order valence-electron chi connectivity index (χ0n) is 12.4. The van der Waals surface area contributed by atoms with E-state index in [1.165, 1.54) is 4.88 Å². The predicted molar refractivity (Wildman–Crippen MR) is 84.6 cm³/mol. The van der Waals surface area contributed by atoms with Crippen LogP contribution in [0.15, 0.2) is 40.5 Å². The van der Waals surface area contributed by atoms with E-state index in [2.05, 4.69) is 11.4 Å². The van der Waals surface area contributed by atoms with E-state index in [0.717, 1.165) is 25.0 Å². The van der Waals surface area contributed by atoms with Crippen molar-refractivity contribution in [2.45, 2.75) is 32.0 Å². The van der Waals surface area contributed by atoms with Crippen LogP contribution in [0, 0.1) is 0 Å². The van der Waals surface area contributed by atoms with E-state index in [4.69, 9.17) is 9.15 Å². The average molecular weight is 320 g/mol. The number of rotatable bonds is 6. The minimum Gasteiger partial charge on any atom is -0.472 e. The van der Waals surface area contributed by atoms with E-state index in [1.54, 1.807) is 23.9 Å². The van der Waals surface area contributed by atoms with Gasteiger partial charge in [-0.3, -0.25) is 0 Å². The topological polar surface area (TPSA) is 54.7 Å². The molecule has 3 heterocycles. The van der Waals surface area contributed by atoms with E-state index >= 15 is 0 Å². The summed E-state index contributed by atoms with van der Waals surface area (Å²) in [5, 5.41) is 4.98. The summed E-state index contributed by atoms with van der Waals surface area (Å²) in [5.41, 5.74) is 0.960. The first-order valence-electron chi connectivity index (χ1n) is 7.49. The van der Waals surface area contributed by atoms with Crippen molar-refractivity contribution in [3.05, 3.63) is 46.5 Å². The highest BCUT2D eigenvalue weighted by Crippen LogP contribution is 2.17. The maximum Gasteiger partial charge on any atom is 0.318 e. The number of carbonyl (C=O) groups is 1. The third-order valence-electron chi connectivity index (χ3n) is 3.69. The molecule has 1 aliphatic heterocycles. The molecule has 2 aromatic heterocycles. The first-order valence-corrected chi connectivity index (χ1v) is 8.37. The summed E-state index contributed by atoms with van der Waals surface area (Å²) in [4.78, 5) is 15.5. The number of nitrogens with one attached hydrogen (secondary N) is 1. The Kier molecular flexibility index (Phi) is 5.13. The smallest absolute Gasteiger partial charge is 0.318 e. The van der Waals surface area contributed by atoms with E-state index in [0.29, 0.717) is 19.6 Å². The van der Waals surface area contributed by atoms with Gasteiger partial charge in [0.25, 0.3) is 0 Å².